The van der Waals surface area contributed by atoms with Crippen molar-refractivity contribution in [2.75, 3.05) is 6.54 Å². The molecule has 0 aliphatic carbocycles. The largest absolute Gasteiger partial charge is 0.476 e. The summed E-state index contributed by atoms with van der Waals surface area (Å²) < 4.78 is 4.98. The average Bonchev–Trinajstić information content (AvgIpc) is 3.26. The van der Waals surface area contributed by atoms with E-state index in [9.17, 15) is 14.7 Å². The molecule has 1 aliphatic heterocycles. The van der Waals surface area contributed by atoms with Crippen LogP contribution in [0.1, 0.15) is 38.0 Å². The minimum atomic E-state index is -1.11. The molecule has 0 radical (unpaired) electrons. The summed E-state index contributed by atoms with van der Waals surface area (Å²) in [5.41, 5.74) is 2.45. The van der Waals surface area contributed by atoms with E-state index >= 15 is 0 Å². The number of aromatic amines is 1. The van der Waals surface area contributed by atoms with Gasteiger partial charge in [-0.15, -0.1) is 0 Å². The number of aryl methyl sites for hydroxylation is 1. The Bertz CT molecular complexity index is 1010. The van der Waals surface area contributed by atoms with E-state index < -0.39 is 5.97 Å². The number of H-pyrrole nitrogens is 1. The predicted molar refractivity (Wildman–Crippen MR) is 88.5 cm³/mol. The van der Waals surface area contributed by atoms with E-state index in [-0.39, 0.29) is 18.1 Å². The first-order chi connectivity index (χ1) is 12.5. The van der Waals surface area contributed by atoms with Gasteiger partial charge in [0.1, 0.15) is 0 Å². The second kappa shape index (κ2) is 6.10. The second-order valence-electron chi connectivity index (χ2n) is 6.03. The van der Waals surface area contributed by atoms with Crippen molar-refractivity contribution in [3.63, 3.8) is 0 Å². The Kier molecular flexibility index (Phi) is 3.76. The molecule has 0 atom stereocenters. The molecule has 0 spiro atoms. The number of hydrogen-bond donors (Lipinski definition) is 2. The van der Waals surface area contributed by atoms with Gasteiger partial charge in [-0.05, 0) is 12.1 Å². The normalized spacial score (nSPS) is 13.5. The molecule has 132 valence electrons. The summed E-state index contributed by atoms with van der Waals surface area (Å²) in [5.74, 6) is -0.427. The van der Waals surface area contributed by atoms with Crippen molar-refractivity contribution in [1.29, 1.82) is 0 Å². The highest BCUT2D eigenvalue weighted by atomic mass is 16.5. The molecule has 3 heterocycles. The van der Waals surface area contributed by atoms with Crippen LogP contribution >= 0.6 is 0 Å². The smallest absolute Gasteiger partial charge is 0.356 e. The van der Waals surface area contributed by atoms with E-state index in [0.717, 1.165) is 5.69 Å². The molecule has 2 aromatic heterocycles. The first-order valence-electron chi connectivity index (χ1n) is 8.02. The number of benzene rings is 1. The number of amides is 1. The molecule has 3 aromatic rings. The third kappa shape index (κ3) is 2.73. The van der Waals surface area contributed by atoms with Gasteiger partial charge in [0.25, 0.3) is 5.91 Å². The van der Waals surface area contributed by atoms with Crippen LogP contribution in [-0.4, -0.2) is 48.8 Å². The molecule has 1 aliphatic rings. The third-order valence-electron chi connectivity index (χ3n) is 4.32. The molecule has 0 bridgehead atoms. The van der Waals surface area contributed by atoms with Crippen LogP contribution < -0.4 is 0 Å². The van der Waals surface area contributed by atoms with Gasteiger partial charge >= 0.3 is 5.97 Å². The van der Waals surface area contributed by atoms with Crippen LogP contribution in [0.15, 0.2) is 28.8 Å². The number of hydrogen-bond acceptors (Lipinski definition) is 6. The van der Waals surface area contributed by atoms with E-state index in [1.165, 1.54) is 0 Å². The maximum atomic E-state index is 12.9. The molecule has 0 unspecified atom stereocenters. The van der Waals surface area contributed by atoms with Crippen molar-refractivity contribution >= 4 is 11.9 Å². The maximum Gasteiger partial charge on any atom is 0.356 e. The molecule has 2 N–H and O–H groups in total. The number of nitrogens with one attached hydrogen (secondary N) is 1. The standard InChI is InChI=1S/C17H15N5O4/c1-9-18-15(21-26-9)10-3-2-4-11(7-10)16(23)22-6-5-13-12(8-22)14(17(24)25)20-19-13/h2-4,7H,5-6,8H2,1H3,(H,19,20)(H,24,25). The molecule has 9 heteroatoms. The molecule has 1 amide bonds. The molecular weight excluding hydrogens is 338 g/mol. The molecule has 0 fully saturated rings. The van der Waals surface area contributed by atoms with Crippen LogP contribution in [0.4, 0.5) is 0 Å². The Balaban J connectivity index is 1.60. The van der Waals surface area contributed by atoms with E-state index in [0.29, 0.717) is 41.4 Å². The van der Waals surface area contributed by atoms with Gasteiger partial charge in [-0.2, -0.15) is 10.1 Å². The van der Waals surface area contributed by atoms with Gasteiger partial charge in [0, 0.05) is 42.3 Å². The lowest BCUT2D eigenvalue weighted by Crippen LogP contribution is -2.36. The Hall–Kier alpha value is -3.49. The van der Waals surface area contributed by atoms with Crippen molar-refractivity contribution in [2.45, 2.75) is 19.9 Å². The average molecular weight is 353 g/mol. The number of carboxylic acid groups (broad SMARTS) is 1. The molecule has 0 saturated heterocycles. The fourth-order valence-electron chi connectivity index (χ4n) is 3.04. The van der Waals surface area contributed by atoms with Crippen molar-refractivity contribution in [2.24, 2.45) is 0 Å². The van der Waals surface area contributed by atoms with E-state index in [4.69, 9.17) is 4.52 Å². The summed E-state index contributed by atoms with van der Waals surface area (Å²) in [6.45, 7) is 2.39. The number of rotatable bonds is 3. The number of carbonyl (C=O) groups is 2. The summed E-state index contributed by atoms with van der Waals surface area (Å²) in [7, 11) is 0. The minimum absolute atomic E-state index is 0.0338. The number of nitrogens with zero attached hydrogens (tertiary/aromatic N) is 4. The quantitative estimate of drug-likeness (QED) is 0.733. The second-order valence-corrected chi connectivity index (χ2v) is 6.03. The highest BCUT2D eigenvalue weighted by Gasteiger charge is 2.28. The number of carboxylic acids is 1. The van der Waals surface area contributed by atoms with Crippen molar-refractivity contribution in [1.82, 2.24) is 25.2 Å². The molecule has 1 aromatic carbocycles. The Morgan fingerprint density at radius 1 is 1.35 bits per heavy atom. The Morgan fingerprint density at radius 2 is 2.19 bits per heavy atom. The summed E-state index contributed by atoms with van der Waals surface area (Å²) in [4.78, 5) is 29.9. The summed E-state index contributed by atoms with van der Waals surface area (Å²) in [6.07, 6.45) is 0.533. The highest BCUT2D eigenvalue weighted by Crippen LogP contribution is 2.23. The Labute approximate surface area is 147 Å². The summed E-state index contributed by atoms with van der Waals surface area (Å²) in [6, 6.07) is 6.97. The van der Waals surface area contributed by atoms with Crippen LogP contribution in [0.3, 0.4) is 0 Å². The number of carbonyl (C=O) groups excluding carboxylic acids is 1. The molecule has 26 heavy (non-hydrogen) atoms. The third-order valence-corrected chi connectivity index (χ3v) is 4.32. The van der Waals surface area contributed by atoms with Crippen molar-refractivity contribution in [3.05, 3.63) is 52.7 Å². The zero-order valence-electron chi connectivity index (χ0n) is 13.9. The van der Waals surface area contributed by atoms with Crippen molar-refractivity contribution in [3.8, 4) is 11.4 Å². The van der Waals surface area contributed by atoms with Crippen LogP contribution in [0, 0.1) is 6.92 Å². The SMILES string of the molecule is Cc1nc(-c2cccc(C(=O)N3CCc4[nH]nc(C(=O)O)c4C3)c2)no1. The maximum absolute atomic E-state index is 12.9. The summed E-state index contributed by atoms with van der Waals surface area (Å²) in [5, 5.41) is 19.7. The van der Waals surface area contributed by atoms with Crippen LogP contribution in [0.2, 0.25) is 0 Å². The Morgan fingerprint density at radius 3 is 2.92 bits per heavy atom. The lowest BCUT2D eigenvalue weighted by molar-refractivity contribution is 0.0674. The molecular formula is C17H15N5O4. The highest BCUT2D eigenvalue weighted by molar-refractivity contribution is 5.95. The summed E-state index contributed by atoms with van der Waals surface area (Å²) >= 11 is 0. The fraction of sp³-hybridized carbons (Fsp3) is 0.235. The number of aromatic carboxylic acids is 1. The van der Waals surface area contributed by atoms with Gasteiger partial charge in [0.2, 0.25) is 11.7 Å². The number of aromatic nitrogens is 4. The molecule has 9 nitrogen and oxygen atoms in total. The van der Waals surface area contributed by atoms with Crippen LogP contribution in [0.5, 0.6) is 0 Å². The van der Waals surface area contributed by atoms with Crippen LogP contribution in [-0.2, 0) is 13.0 Å². The molecule has 4 rings (SSSR count). The number of fused-ring (bicyclic) bond motifs is 1. The lowest BCUT2D eigenvalue weighted by Gasteiger charge is -2.27. The van der Waals surface area contributed by atoms with E-state index in [1.54, 1.807) is 36.1 Å². The van der Waals surface area contributed by atoms with Gasteiger partial charge in [-0.3, -0.25) is 9.89 Å². The van der Waals surface area contributed by atoms with Gasteiger partial charge in [0.05, 0.1) is 6.54 Å². The first kappa shape index (κ1) is 16.0. The van der Waals surface area contributed by atoms with Crippen LogP contribution in [0.25, 0.3) is 11.4 Å². The minimum Gasteiger partial charge on any atom is -0.476 e. The topological polar surface area (TPSA) is 125 Å². The van der Waals surface area contributed by atoms with Gasteiger partial charge in [-0.25, -0.2) is 4.79 Å². The first-order valence-corrected chi connectivity index (χ1v) is 8.02. The zero-order chi connectivity index (χ0) is 18.3. The van der Waals surface area contributed by atoms with E-state index in [1.807, 2.05) is 0 Å². The van der Waals surface area contributed by atoms with Crippen molar-refractivity contribution < 1.29 is 19.2 Å². The fourth-order valence-corrected chi connectivity index (χ4v) is 3.04. The lowest BCUT2D eigenvalue weighted by atomic mass is 10.0. The van der Waals surface area contributed by atoms with E-state index in [2.05, 4.69) is 20.3 Å². The molecule has 0 saturated carbocycles. The van der Waals surface area contributed by atoms with Gasteiger partial charge in [0.15, 0.2) is 5.69 Å². The van der Waals surface area contributed by atoms with Gasteiger partial charge in [-0.1, -0.05) is 17.3 Å². The zero-order valence-corrected chi connectivity index (χ0v) is 13.9. The van der Waals surface area contributed by atoms with Gasteiger partial charge < -0.3 is 14.5 Å². The predicted octanol–water partition coefficient (Wildman–Crippen LogP) is 1.66. The monoisotopic (exact) mass is 353 g/mol.